The summed E-state index contributed by atoms with van der Waals surface area (Å²) in [5, 5.41) is 5.25. The van der Waals surface area contributed by atoms with Crippen molar-refractivity contribution in [2.24, 2.45) is 0 Å². The van der Waals surface area contributed by atoms with E-state index in [1.165, 1.54) is 18.4 Å². The van der Waals surface area contributed by atoms with Crippen molar-refractivity contribution in [3.05, 3.63) is 45.6 Å². The summed E-state index contributed by atoms with van der Waals surface area (Å²) >= 11 is 1.39. The molecule has 0 bridgehead atoms. The molecule has 106 valence electrons. The molecule has 20 heavy (non-hydrogen) atoms. The Bertz CT molecular complexity index is 590. The SMILES string of the molecule is COC(=O)c1scc(C)c1NCc1ccc(OC)cc1. The fourth-order valence-electron chi connectivity index (χ4n) is 1.84. The van der Waals surface area contributed by atoms with Crippen LogP contribution in [-0.4, -0.2) is 20.2 Å². The average molecular weight is 291 g/mol. The van der Waals surface area contributed by atoms with Crippen molar-refractivity contribution in [1.29, 1.82) is 0 Å². The standard InChI is InChI=1S/C15H17NO3S/c1-10-9-20-14(15(17)19-3)13(10)16-8-11-4-6-12(18-2)7-5-11/h4-7,9,16H,8H2,1-3H3. The van der Waals surface area contributed by atoms with Gasteiger partial charge in [0.1, 0.15) is 10.6 Å². The van der Waals surface area contributed by atoms with E-state index in [-0.39, 0.29) is 5.97 Å². The topological polar surface area (TPSA) is 47.6 Å². The second-order valence-electron chi connectivity index (χ2n) is 4.32. The lowest BCUT2D eigenvalue weighted by Crippen LogP contribution is -2.06. The second-order valence-corrected chi connectivity index (χ2v) is 5.20. The van der Waals surface area contributed by atoms with Crippen LogP contribution in [0.4, 0.5) is 5.69 Å². The maximum Gasteiger partial charge on any atom is 0.350 e. The van der Waals surface area contributed by atoms with Gasteiger partial charge in [-0.1, -0.05) is 12.1 Å². The molecule has 1 aromatic carbocycles. The van der Waals surface area contributed by atoms with E-state index in [1.807, 2.05) is 36.6 Å². The van der Waals surface area contributed by atoms with Crippen molar-refractivity contribution in [2.75, 3.05) is 19.5 Å². The minimum absolute atomic E-state index is 0.305. The van der Waals surface area contributed by atoms with Crippen LogP contribution in [-0.2, 0) is 11.3 Å². The summed E-state index contributed by atoms with van der Waals surface area (Å²) in [6.07, 6.45) is 0. The third-order valence-electron chi connectivity index (χ3n) is 2.97. The third kappa shape index (κ3) is 3.11. The molecule has 0 spiro atoms. The molecule has 0 unspecified atom stereocenters. The van der Waals surface area contributed by atoms with Gasteiger partial charge in [0.15, 0.2) is 0 Å². The van der Waals surface area contributed by atoms with E-state index in [0.717, 1.165) is 22.6 Å². The number of ether oxygens (including phenoxy) is 2. The normalized spacial score (nSPS) is 10.2. The Morgan fingerprint density at radius 1 is 1.25 bits per heavy atom. The number of esters is 1. The van der Waals surface area contributed by atoms with Crippen LogP contribution < -0.4 is 10.1 Å². The van der Waals surface area contributed by atoms with E-state index < -0.39 is 0 Å². The summed E-state index contributed by atoms with van der Waals surface area (Å²) in [5.74, 6) is 0.524. The van der Waals surface area contributed by atoms with E-state index in [0.29, 0.717) is 11.4 Å². The van der Waals surface area contributed by atoms with Gasteiger partial charge >= 0.3 is 5.97 Å². The lowest BCUT2D eigenvalue weighted by atomic mass is 10.2. The van der Waals surface area contributed by atoms with Crippen LogP contribution in [0.5, 0.6) is 5.75 Å². The number of rotatable bonds is 5. The summed E-state index contributed by atoms with van der Waals surface area (Å²) in [5.41, 5.74) is 3.01. The van der Waals surface area contributed by atoms with E-state index in [1.54, 1.807) is 7.11 Å². The first kappa shape index (κ1) is 14.4. The zero-order valence-corrected chi connectivity index (χ0v) is 12.5. The summed E-state index contributed by atoms with van der Waals surface area (Å²) in [6.45, 7) is 2.62. The summed E-state index contributed by atoms with van der Waals surface area (Å²) in [4.78, 5) is 12.3. The van der Waals surface area contributed by atoms with Crippen LogP contribution in [0.1, 0.15) is 20.8 Å². The zero-order valence-electron chi connectivity index (χ0n) is 11.7. The molecule has 0 atom stereocenters. The molecule has 0 aliphatic heterocycles. The van der Waals surface area contributed by atoms with Gasteiger partial charge in [0.2, 0.25) is 0 Å². The molecule has 5 heteroatoms. The zero-order chi connectivity index (χ0) is 14.5. The van der Waals surface area contributed by atoms with Crippen molar-refractivity contribution in [3.8, 4) is 5.75 Å². The molecule has 0 amide bonds. The fourth-order valence-corrected chi connectivity index (χ4v) is 2.78. The van der Waals surface area contributed by atoms with E-state index in [4.69, 9.17) is 9.47 Å². The largest absolute Gasteiger partial charge is 0.497 e. The Labute approximate surface area is 122 Å². The third-order valence-corrected chi connectivity index (χ3v) is 4.05. The van der Waals surface area contributed by atoms with Gasteiger partial charge in [-0.25, -0.2) is 4.79 Å². The van der Waals surface area contributed by atoms with Gasteiger partial charge < -0.3 is 14.8 Å². The van der Waals surface area contributed by atoms with Crippen LogP contribution in [0.2, 0.25) is 0 Å². The summed E-state index contributed by atoms with van der Waals surface area (Å²) < 4.78 is 9.91. The van der Waals surface area contributed by atoms with Crippen molar-refractivity contribution in [2.45, 2.75) is 13.5 Å². The van der Waals surface area contributed by atoms with Crippen LogP contribution in [0, 0.1) is 6.92 Å². The highest BCUT2D eigenvalue weighted by molar-refractivity contribution is 7.12. The lowest BCUT2D eigenvalue weighted by molar-refractivity contribution is 0.0607. The van der Waals surface area contributed by atoms with Gasteiger partial charge in [0.25, 0.3) is 0 Å². The first-order valence-electron chi connectivity index (χ1n) is 6.19. The molecule has 1 heterocycles. The van der Waals surface area contributed by atoms with Crippen molar-refractivity contribution in [1.82, 2.24) is 0 Å². The van der Waals surface area contributed by atoms with Gasteiger partial charge in [0, 0.05) is 6.54 Å². The Kier molecular flexibility index (Phi) is 4.63. The molecule has 0 fully saturated rings. The number of hydrogen-bond acceptors (Lipinski definition) is 5. The Morgan fingerprint density at radius 3 is 2.55 bits per heavy atom. The van der Waals surface area contributed by atoms with Gasteiger partial charge in [0.05, 0.1) is 19.9 Å². The maximum absolute atomic E-state index is 11.7. The van der Waals surface area contributed by atoms with Gasteiger partial charge in [-0.2, -0.15) is 0 Å². The van der Waals surface area contributed by atoms with Crippen LogP contribution in [0.25, 0.3) is 0 Å². The van der Waals surface area contributed by atoms with Crippen molar-refractivity contribution < 1.29 is 14.3 Å². The first-order chi connectivity index (χ1) is 9.65. The lowest BCUT2D eigenvalue weighted by Gasteiger charge is -2.09. The van der Waals surface area contributed by atoms with E-state index in [2.05, 4.69) is 5.32 Å². The van der Waals surface area contributed by atoms with Crippen LogP contribution >= 0.6 is 11.3 Å². The minimum Gasteiger partial charge on any atom is -0.497 e. The number of thiophene rings is 1. The number of aryl methyl sites for hydroxylation is 1. The average Bonchev–Trinajstić information content (AvgIpc) is 2.86. The number of carbonyl (C=O) groups is 1. The Balaban J connectivity index is 2.10. The second kappa shape index (κ2) is 6.43. The predicted octanol–water partition coefficient (Wildman–Crippen LogP) is 3.46. The van der Waals surface area contributed by atoms with Gasteiger partial charge in [-0.05, 0) is 35.6 Å². The monoisotopic (exact) mass is 291 g/mol. The molecule has 1 aromatic heterocycles. The van der Waals surface area contributed by atoms with Gasteiger partial charge in [-0.3, -0.25) is 0 Å². The summed E-state index contributed by atoms with van der Waals surface area (Å²) in [7, 11) is 3.04. The number of nitrogens with one attached hydrogen (secondary N) is 1. The highest BCUT2D eigenvalue weighted by Crippen LogP contribution is 2.28. The van der Waals surface area contributed by atoms with Crippen molar-refractivity contribution in [3.63, 3.8) is 0 Å². The number of carbonyl (C=O) groups excluding carboxylic acids is 1. The molecule has 0 saturated carbocycles. The number of benzene rings is 1. The molecular weight excluding hydrogens is 274 g/mol. The number of hydrogen-bond donors (Lipinski definition) is 1. The molecular formula is C15H17NO3S. The van der Waals surface area contributed by atoms with Gasteiger partial charge in [-0.15, -0.1) is 11.3 Å². The molecule has 0 aliphatic rings. The molecule has 2 rings (SSSR count). The van der Waals surface area contributed by atoms with Crippen LogP contribution in [0.3, 0.4) is 0 Å². The van der Waals surface area contributed by atoms with Crippen molar-refractivity contribution >= 4 is 23.0 Å². The molecule has 0 radical (unpaired) electrons. The smallest absolute Gasteiger partial charge is 0.350 e. The minimum atomic E-state index is -0.305. The number of anilines is 1. The fraction of sp³-hybridized carbons (Fsp3) is 0.267. The Hall–Kier alpha value is -2.01. The van der Waals surface area contributed by atoms with E-state index in [9.17, 15) is 4.79 Å². The predicted molar refractivity (Wildman–Crippen MR) is 80.7 cm³/mol. The van der Waals surface area contributed by atoms with E-state index >= 15 is 0 Å². The summed E-state index contributed by atoms with van der Waals surface area (Å²) in [6, 6.07) is 7.81. The molecule has 2 aromatic rings. The quantitative estimate of drug-likeness (QED) is 0.857. The molecule has 0 saturated heterocycles. The number of methoxy groups -OCH3 is 2. The molecule has 4 nitrogen and oxygen atoms in total. The Morgan fingerprint density at radius 2 is 1.95 bits per heavy atom. The highest BCUT2D eigenvalue weighted by atomic mass is 32.1. The maximum atomic E-state index is 11.7. The molecule has 0 aliphatic carbocycles. The molecule has 1 N–H and O–H groups in total. The first-order valence-corrected chi connectivity index (χ1v) is 7.07. The highest BCUT2D eigenvalue weighted by Gasteiger charge is 2.16. The van der Waals surface area contributed by atoms with Crippen LogP contribution in [0.15, 0.2) is 29.6 Å².